The van der Waals surface area contributed by atoms with Crippen molar-refractivity contribution in [3.63, 3.8) is 0 Å². The van der Waals surface area contributed by atoms with Crippen molar-refractivity contribution >= 4 is 42.5 Å². The fourth-order valence-corrected chi connectivity index (χ4v) is 0. The van der Waals surface area contributed by atoms with E-state index in [4.69, 9.17) is 0 Å². The molecule has 0 aromatic rings. The molecular formula is C4H9S2Sn. The van der Waals surface area contributed by atoms with Crippen molar-refractivity contribution in [2.75, 3.05) is 0 Å². The predicted molar refractivity (Wildman–Crippen MR) is 41.8 cm³/mol. The molecule has 1 atom stereocenters. The van der Waals surface area contributed by atoms with Gasteiger partial charge in [0.05, 0.1) is 0 Å². The van der Waals surface area contributed by atoms with Crippen LogP contribution in [0.3, 0.4) is 0 Å². The molecule has 0 aliphatic rings. The number of thiol groups is 1. The molecule has 1 unspecified atom stereocenters. The van der Waals surface area contributed by atoms with Crippen LogP contribution in [0.2, 0.25) is 0 Å². The molecule has 0 nitrogen and oxygen atoms in total. The van der Waals surface area contributed by atoms with Crippen LogP contribution in [0, 0.1) is 6.92 Å². The summed E-state index contributed by atoms with van der Waals surface area (Å²) in [5, 5.41) is 0.329. The zero-order valence-electron chi connectivity index (χ0n) is 4.35. The second kappa shape index (κ2) is 10.4. The molecule has 0 saturated heterocycles. The quantitative estimate of drug-likeness (QED) is 0.538. The molecule has 0 saturated carbocycles. The van der Waals surface area contributed by atoms with Crippen LogP contribution < -0.4 is 0 Å². The van der Waals surface area contributed by atoms with E-state index in [9.17, 15) is 0 Å². The number of rotatable bonds is 1. The van der Waals surface area contributed by atoms with Crippen molar-refractivity contribution in [3.8, 4) is 0 Å². The molecule has 7 heavy (non-hydrogen) atoms. The third-order valence-corrected chi connectivity index (χ3v) is 0.836. The van der Waals surface area contributed by atoms with E-state index in [1.807, 2.05) is 0 Å². The van der Waals surface area contributed by atoms with Gasteiger partial charge in [0.2, 0.25) is 0 Å². The van der Waals surface area contributed by atoms with Crippen LogP contribution in [0.4, 0.5) is 0 Å². The Morgan fingerprint density at radius 3 is 2.00 bits per heavy atom. The van der Waals surface area contributed by atoms with Crippen molar-refractivity contribution in [1.82, 2.24) is 0 Å². The Kier molecular flexibility index (Phi) is 16.6. The van der Waals surface area contributed by atoms with Gasteiger partial charge in [-0.3, -0.25) is 0 Å². The monoisotopic (exact) mass is 241 g/mol. The summed E-state index contributed by atoms with van der Waals surface area (Å²) < 4.78 is 0. The first-order chi connectivity index (χ1) is 3.27. The molecule has 0 aromatic carbocycles. The predicted octanol–water partition coefficient (Wildman–Crippen LogP) is 1.80. The Balaban J connectivity index is 0. The molecule has 0 rings (SSSR count). The van der Waals surface area contributed by atoms with Gasteiger partial charge in [-0.15, -0.1) is 0 Å². The van der Waals surface area contributed by atoms with E-state index in [2.05, 4.69) is 35.8 Å². The fraction of sp³-hybridized carbons (Fsp3) is 0.750. The number of hydrogen-bond donors (Lipinski definition) is 1. The van der Waals surface area contributed by atoms with Gasteiger partial charge in [0.1, 0.15) is 0 Å². The first-order valence-electron chi connectivity index (χ1n) is 1.99. The maximum atomic E-state index is 4.17. The second-order valence-corrected chi connectivity index (χ2v) is 1.79. The Labute approximate surface area is 67.7 Å². The van der Waals surface area contributed by atoms with Crippen molar-refractivity contribution in [2.24, 2.45) is 0 Å². The van der Waals surface area contributed by atoms with E-state index in [0.29, 0.717) is 5.25 Å². The molecule has 0 spiro atoms. The Bertz CT molecular complexity index is 30.9. The van der Waals surface area contributed by atoms with Crippen LogP contribution in [-0.2, 0) is 0 Å². The summed E-state index contributed by atoms with van der Waals surface area (Å²) in [5.41, 5.74) is 0. The molecule has 0 aliphatic carbocycles. The third kappa shape index (κ3) is 18.7. The second-order valence-electron chi connectivity index (χ2n) is 1.06. The summed E-state index contributed by atoms with van der Waals surface area (Å²) in [6.07, 6.45) is 1.06. The van der Waals surface area contributed by atoms with Crippen molar-refractivity contribution in [3.05, 3.63) is 6.92 Å². The molecule has 0 fully saturated rings. The Hall–Kier alpha value is 1.37. The SMILES string of the molecule is [CH2]C(S)CC.[S]=[Sn]. The molecule has 0 bridgehead atoms. The van der Waals surface area contributed by atoms with E-state index < -0.39 is 0 Å². The standard InChI is InChI=1S/C4H9S.S.Sn/c1-3-4(2)5;;/h4-5H,2-3H2,1H3;;. The van der Waals surface area contributed by atoms with Gasteiger partial charge in [0.15, 0.2) is 0 Å². The normalized spacial score (nSPS) is 11.3. The first-order valence-corrected chi connectivity index (χ1v) is 6.41. The average Bonchev–Trinajstić information content (AvgIpc) is 1.73. The summed E-state index contributed by atoms with van der Waals surface area (Å²) in [7, 11) is 4.17. The van der Waals surface area contributed by atoms with Gasteiger partial charge in [-0.05, 0) is 13.3 Å². The van der Waals surface area contributed by atoms with Gasteiger partial charge < -0.3 is 0 Å². The van der Waals surface area contributed by atoms with Gasteiger partial charge in [-0.1, -0.05) is 6.92 Å². The minimum absolute atomic E-state index is 0.329. The first kappa shape index (κ1) is 11.2. The molecule has 0 N–H and O–H groups in total. The topological polar surface area (TPSA) is 0 Å². The Morgan fingerprint density at radius 1 is 1.86 bits per heavy atom. The van der Waals surface area contributed by atoms with Gasteiger partial charge in [0.25, 0.3) is 0 Å². The van der Waals surface area contributed by atoms with Crippen molar-refractivity contribution in [2.45, 2.75) is 18.6 Å². The van der Waals surface area contributed by atoms with E-state index in [0.717, 1.165) is 27.0 Å². The van der Waals surface area contributed by atoms with Crippen LogP contribution >= 0.6 is 21.9 Å². The molecule has 3 radical (unpaired) electrons. The van der Waals surface area contributed by atoms with Gasteiger partial charge in [-0.2, -0.15) is 12.6 Å². The summed E-state index contributed by atoms with van der Waals surface area (Å²) in [4.78, 5) is 0. The van der Waals surface area contributed by atoms with E-state index in [-0.39, 0.29) is 0 Å². The van der Waals surface area contributed by atoms with Crippen LogP contribution in [0.15, 0.2) is 0 Å². The Morgan fingerprint density at radius 2 is 2.00 bits per heavy atom. The minimum atomic E-state index is 0.329. The molecule has 41 valence electrons. The molecule has 0 aliphatic heterocycles. The fourth-order valence-electron chi connectivity index (χ4n) is 0. The van der Waals surface area contributed by atoms with E-state index in [1.165, 1.54) is 0 Å². The van der Waals surface area contributed by atoms with Crippen LogP contribution in [-0.4, -0.2) is 25.8 Å². The summed E-state index contributed by atoms with van der Waals surface area (Å²) in [6.45, 7) is 5.68. The summed E-state index contributed by atoms with van der Waals surface area (Å²) in [5.74, 6) is 0. The zero-order valence-corrected chi connectivity index (χ0v) is 8.91. The zero-order chi connectivity index (χ0) is 6.28. The molecule has 3 heteroatoms. The van der Waals surface area contributed by atoms with Crippen molar-refractivity contribution in [1.29, 1.82) is 0 Å². The van der Waals surface area contributed by atoms with Gasteiger partial charge >= 0.3 is 29.9 Å². The average molecular weight is 240 g/mol. The van der Waals surface area contributed by atoms with E-state index in [1.54, 1.807) is 0 Å². The summed E-state index contributed by atoms with van der Waals surface area (Å²) >= 11 is 5.12. The third-order valence-electron chi connectivity index (χ3n) is 0.471. The van der Waals surface area contributed by atoms with E-state index >= 15 is 0 Å². The molecular weight excluding hydrogens is 231 g/mol. The maximum absolute atomic E-state index is 4.17. The molecule has 0 aromatic heterocycles. The van der Waals surface area contributed by atoms with Gasteiger partial charge in [-0.25, -0.2) is 0 Å². The van der Waals surface area contributed by atoms with Gasteiger partial charge in [0, 0.05) is 5.25 Å². The summed E-state index contributed by atoms with van der Waals surface area (Å²) in [6, 6.07) is 0. The molecule has 0 amide bonds. The number of hydrogen-bond acceptors (Lipinski definition) is 2. The van der Waals surface area contributed by atoms with Crippen LogP contribution in [0.5, 0.6) is 0 Å². The van der Waals surface area contributed by atoms with Crippen LogP contribution in [0.25, 0.3) is 0 Å². The molecule has 0 heterocycles. The van der Waals surface area contributed by atoms with Crippen LogP contribution in [0.1, 0.15) is 13.3 Å². The van der Waals surface area contributed by atoms with Crippen molar-refractivity contribution < 1.29 is 0 Å².